The molecule has 0 amide bonds. The van der Waals surface area contributed by atoms with Crippen molar-refractivity contribution in [2.75, 3.05) is 11.9 Å². The first-order valence-corrected chi connectivity index (χ1v) is 5.41. The summed E-state index contributed by atoms with van der Waals surface area (Å²) in [5.41, 5.74) is 0.914. The highest BCUT2D eigenvalue weighted by molar-refractivity contribution is 5.35. The molecule has 1 rings (SSSR count). The normalized spacial score (nSPS) is 12.5. The third-order valence-electron chi connectivity index (χ3n) is 2.18. The summed E-state index contributed by atoms with van der Waals surface area (Å²) in [5.74, 6) is 0.869. The Balaban J connectivity index is 2.57. The van der Waals surface area contributed by atoms with Crippen LogP contribution in [0, 0.1) is 0 Å². The molecule has 0 saturated heterocycles. The van der Waals surface area contributed by atoms with Crippen LogP contribution in [0.25, 0.3) is 0 Å². The summed E-state index contributed by atoms with van der Waals surface area (Å²) in [6.07, 6.45) is 2.64. The van der Waals surface area contributed by atoms with Crippen LogP contribution in [0.2, 0.25) is 0 Å². The number of hydrogen-bond acceptors (Lipinski definition) is 4. The molecule has 0 bridgehead atoms. The second kappa shape index (κ2) is 6.35. The molecular formula is C11H19N3O. The highest BCUT2D eigenvalue weighted by atomic mass is 16.5. The van der Waals surface area contributed by atoms with Crippen LogP contribution in [0.5, 0.6) is 0 Å². The van der Waals surface area contributed by atoms with Gasteiger partial charge in [-0.25, -0.2) is 9.97 Å². The second-order valence-corrected chi connectivity index (χ2v) is 3.49. The van der Waals surface area contributed by atoms with Gasteiger partial charge in [-0.1, -0.05) is 6.92 Å². The minimum absolute atomic E-state index is 0.430. The average molecular weight is 209 g/mol. The Hall–Kier alpha value is -1.16. The topological polar surface area (TPSA) is 47.0 Å². The molecule has 1 aromatic rings. The molecule has 0 saturated carbocycles. The number of nitrogens with zero attached hydrogens (tertiary/aromatic N) is 2. The molecule has 1 N–H and O–H groups in total. The SMILES string of the molecule is CCOCc1cc(NC(C)CC)ncn1. The van der Waals surface area contributed by atoms with Crippen LogP contribution >= 0.6 is 0 Å². The van der Waals surface area contributed by atoms with E-state index in [1.807, 2.05) is 13.0 Å². The van der Waals surface area contributed by atoms with Gasteiger partial charge in [-0.3, -0.25) is 0 Å². The molecule has 1 heterocycles. The molecule has 1 atom stereocenters. The van der Waals surface area contributed by atoms with Gasteiger partial charge in [0.1, 0.15) is 12.1 Å². The van der Waals surface area contributed by atoms with Gasteiger partial charge in [0.2, 0.25) is 0 Å². The summed E-state index contributed by atoms with van der Waals surface area (Å²) in [6.45, 7) is 7.50. The van der Waals surface area contributed by atoms with Gasteiger partial charge in [0.05, 0.1) is 12.3 Å². The Kier molecular flexibility index (Phi) is 5.04. The molecule has 0 aliphatic heterocycles. The predicted octanol–water partition coefficient (Wildman–Crippen LogP) is 2.22. The largest absolute Gasteiger partial charge is 0.375 e. The fourth-order valence-corrected chi connectivity index (χ4v) is 1.12. The summed E-state index contributed by atoms with van der Waals surface area (Å²) in [5, 5.41) is 3.30. The first kappa shape index (κ1) is 11.9. The number of anilines is 1. The van der Waals surface area contributed by atoms with E-state index in [1.54, 1.807) is 6.33 Å². The predicted molar refractivity (Wildman–Crippen MR) is 60.7 cm³/mol. The lowest BCUT2D eigenvalue weighted by atomic mass is 10.2. The zero-order valence-electron chi connectivity index (χ0n) is 9.66. The Labute approximate surface area is 91.1 Å². The summed E-state index contributed by atoms with van der Waals surface area (Å²) in [6, 6.07) is 2.36. The van der Waals surface area contributed by atoms with Gasteiger partial charge in [0.25, 0.3) is 0 Å². The maximum atomic E-state index is 5.29. The van der Waals surface area contributed by atoms with Crippen molar-refractivity contribution in [3.05, 3.63) is 18.1 Å². The van der Waals surface area contributed by atoms with E-state index >= 15 is 0 Å². The minimum atomic E-state index is 0.430. The van der Waals surface area contributed by atoms with E-state index < -0.39 is 0 Å². The monoisotopic (exact) mass is 209 g/mol. The Morgan fingerprint density at radius 2 is 2.20 bits per heavy atom. The van der Waals surface area contributed by atoms with Crippen molar-refractivity contribution in [2.24, 2.45) is 0 Å². The van der Waals surface area contributed by atoms with Crippen molar-refractivity contribution < 1.29 is 4.74 Å². The van der Waals surface area contributed by atoms with Crippen LogP contribution in [0.15, 0.2) is 12.4 Å². The first-order chi connectivity index (χ1) is 7.26. The molecule has 1 unspecified atom stereocenters. The van der Waals surface area contributed by atoms with Gasteiger partial charge in [0, 0.05) is 18.7 Å². The van der Waals surface area contributed by atoms with E-state index in [1.165, 1.54) is 0 Å². The molecule has 0 fully saturated rings. The molecule has 0 aliphatic rings. The quantitative estimate of drug-likeness (QED) is 0.780. The molecule has 4 heteroatoms. The van der Waals surface area contributed by atoms with Crippen molar-refractivity contribution in [3.63, 3.8) is 0 Å². The zero-order chi connectivity index (χ0) is 11.1. The number of ether oxygens (including phenoxy) is 1. The molecule has 0 spiro atoms. The van der Waals surface area contributed by atoms with E-state index in [9.17, 15) is 0 Å². The number of nitrogens with one attached hydrogen (secondary N) is 1. The number of hydrogen-bond donors (Lipinski definition) is 1. The van der Waals surface area contributed by atoms with Gasteiger partial charge in [-0.2, -0.15) is 0 Å². The average Bonchev–Trinajstić information content (AvgIpc) is 2.26. The van der Waals surface area contributed by atoms with Crippen LogP contribution < -0.4 is 5.32 Å². The highest BCUT2D eigenvalue weighted by Gasteiger charge is 2.01. The van der Waals surface area contributed by atoms with Crippen molar-refractivity contribution in [2.45, 2.75) is 39.8 Å². The number of aromatic nitrogens is 2. The van der Waals surface area contributed by atoms with Gasteiger partial charge < -0.3 is 10.1 Å². The van der Waals surface area contributed by atoms with Crippen molar-refractivity contribution in [3.8, 4) is 0 Å². The molecule has 84 valence electrons. The fourth-order valence-electron chi connectivity index (χ4n) is 1.12. The summed E-state index contributed by atoms with van der Waals surface area (Å²) in [4.78, 5) is 8.29. The fraction of sp³-hybridized carbons (Fsp3) is 0.636. The zero-order valence-corrected chi connectivity index (χ0v) is 9.66. The van der Waals surface area contributed by atoms with Crippen molar-refractivity contribution in [1.82, 2.24) is 9.97 Å². The summed E-state index contributed by atoms with van der Waals surface area (Å²) < 4.78 is 5.29. The van der Waals surface area contributed by atoms with E-state index in [0.29, 0.717) is 19.3 Å². The van der Waals surface area contributed by atoms with E-state index in [4.69, 9.17) is 4.74 Å². The maximum Gasteiger partial charge on any atom is 0.129 e. The lowest BCUT2D eigenvalue weighted by Crippen LogP contribution is -2.14. The summed E-state index contributed by atoms with van der Waals surface area (Å²) >= 11 is 0. The third kappa shape index (κ3) is 4.25. The smallest absolute Gasteiger partial charge is 0.129 e. The molecule has 0 radical (unpaired) electrons. The molecule has 1 aromatic heterocycles. The van der Waals surface area contributed by atoms with Gasteiger partial charge in [-0.05, 0) is 20.3 Å². The lowest BCUT2D eigenvalue weighted by molar-refractivity contribution is 0.131. The maximum absolute atomic E-state index is 5.29. The van der Waals surface area contributed by atoms with Crippen LogP contribution in [-0.4, -0.2) is 22.6 Å². The van der Waals surface area contributed by atoms with E-state index in [-0.39, 0.29) is 0 Å². The molecule has 15 heavy (non-hydrogen) atoms. The molecule has 0 aliphatic carbocycles. The van der Waals surface area contributed by atoms with Crippen LogP contribution in [0.1, 0.15) is 32.9 Å². The first-order valence-electron chi connectivity index (χ1n) is 5.41. The summed E-state index contributed by atoms with van der Waals surface area (Å²) in [7, 11) is 0. The highest BCUT2D eigenvalue weighted by Crippen LogP contribution is 2.07. The van der Waals surface area contributed by atoms with Crippen LogP contribution in [-0.2, 0) is 11.3 Å². The molecule has 4 nitrogen and oxygen atoms in total. The van der Waals surface area contributed by atoms with Crippen molar-refractivity contribution in [1.29, 1.82) is 0 Å². The molecule has 0 aromatic carbocycles. The van der Waals surface area contributed by atoms with Crippen LogP contribution in [0.3, 0.4) is 0 Å². The minimum Gasteiger partial charge on any atom is -0.375 e. The second-order valence-electron chi connectivity index (χ2n) is 3.49. The Bertz CT molecular complexity index is 291. The van der Waals surface area contributed by atoms with Crippen molar-refractivity contribution >= 4 is 5.82 Å². The van der Waals surface area contributed by atoms with E-state index in [0.717, 1.165) is 17.9 Å². The third-order valence-corrected chi connectivity index (χ3v) is 2.18. The van der Waals surface area contributed by atoms with Gasteiger partial charge >= 0.3 is 0 Å². The lowest BCUT2D eigenvalue weighted by Gasteiger charge is -2.12. The Morgan fingerprint density at radius 1 is 1.40 bits per heavy atom. The number of rotatable bonds is 6. The van der Waals surface area contributed by atoms with E-state index in [2.05, 4.69) is 29.1 Å². The van der Waals surface area contributed by atoms with Gasteiger partial charge in [-0.15, -0.1) is 0 Å². The molecular weight excluding hydrogens is 190 g/mol. The van der Waals surface area contributed by atoms with Crippen LogP contribution in [0.4, 0.5) is 5.82 Å². The standard InChI is InChI=1S/C11H19N3O/c1-4-9(3)14-11-6-10(7-15-5-2)12-8-13-11/h6,8-9H,4-5,7H2,1-3H3,(H,12,13,14). The van der Waals surface area contributed by atoms with Gasteiger partial charge in [0.15, 0.2) is 0 Å². The Morgan fingerprint density at radius 3 is 2.87 bits per heavy atom.